The van der Waals surface area contributed by atoms with Crippen LogP contribution >= 0.6 is 11.8 Å². The van der Waals surface area contributed by atoms with Crippen molar-refractivity contribution in [3.05, 3.63) is 64.3 Å². The van der Waals surface area contributed by atoms with Crippen molar-refractivity contribution in [1.29, 1.82) is 0 Å². The number of hydrogen-bond acceptors (Lipinski definition) is 3. The van der Waals surface area contributed by atoms with Crippen molar-refractivity contribution in [3.8, 4) is 0 Å². The van der Waals surface area contributed by atoms with Gasteiger partial charge in [0.15, 0.2) is 0 Å². The molecule has 2 heterocycles. The van der Waals surface area contributed by atoms with Crippen LogP contribution in [-0.2, 0) is 19.4 Å². The highest BCUT2D eigenvalue weighted by atomic mass is 32.2. The third kappa shape index (κ3) is 3.77. The van der Waals surface area contributed by atoms with Gasteiger partial charge >= 0.3 is 0 Å². The number of benzene rings is 2. The van der Waals surface area contributed by atoms with Crippen molar-refractivity contribution in [3.63, 3.8) is 0 Å². The zero-order valence-corrected chi connectivity index (χ0v) is 18.4. The molecule has 2 aliphatic rings. The van der Waals surface area contributed by atoms with E-state index < -0.39 is 0 Å². The van der Waals surface area contributed by atoms with Gasteiger partial charge in [0, 0.05) is 47.9 Å². The van der Waals surface area contributed by atoms with Gasteiger partial charge in [-0.25, -0.2) is 0 Å². The maximum absolute atomic E-state index is 13.3. The van der Waals surface area contributed by atoms with Crippen LogP contribution in [-0.4, -0.2) is 40.4 Å². The predicted octanol–water partition coefficient (Wildman–Crippen LogP) is 5.16. The molecule has 2 N–H and O–H groups in total. The van der Waals surface area contributed by atoms with Crippen LogP contribution in [0.2, 0.25) is 0 Å². The molecule has 1 aliphatic heterocycles. The van der Waals surface area contributed by atoms with Gasteiger partial charge in [-0.05, 0) is 61.4 Å². The molecule has 0 radical (unpaired) electrons. The fourth-order valence-corrected chi connectivity index (χ4v) is 5.78. The molecule has 5 rings (SSSR count). The highest BCUT2D eigenvalue weighted by Crippen LogP contribution is 2.31. The first kappa shape index (κ1) is 19.7. The lowest BCUT2D eigenvalue weighted by Gasteiger charge is -2.27. The molecule has 156 valence electrons. The SMILES string of the molecule is Cc1c(CN2CCSCC2)cccc1NC(=O)c1cccc2c3c([nH]c12)CCCC3. The molecular weight excluding hydrogens is 390 g/mol. The quantitative estimate of drug-likeness (QED) is 0.614. The van der Waals surface area contributed by atoms with Crippen molar-refractivity contribution in [1.82, 2.24) is 9.88 Å². The van der Waals surface area contributed by atoms with Crippen LogP contribution in [0, 0.1) is 6.92 Å². The van der Waals surface area contributed by atoms with Crippen molar-refractivity contribution in [2.45, 2.75) is 39.2 Å². The summed E-state index contributed by atoms with van der Waals surface area (Å²) in [6.45, 7) is 5.35. The summed E-state index contributed by atoms with van der Waals surface area (Å²) in [5.74, 6) is 2.38. The van der Waals surface area contributed by atoms with Crippen molar-refractivity contribution >= 4 is 34.3 Å². The summed E-state index contributed by atoms with van der Waals surface area (Å²) in [5.41, 5.74) is 7.83. The van der Waals surface area contributed by atoms with E-state index in [2.05, 4.69) is 40.3 Å². The molecule has 1 aliphatic carbocycles. The number of amides is 1. The second-order valence-corrected chi connectivity index (χ2v) is 9.67. The molecule has 1 aromatic heterocycles. The Morgan fingerprint density at radius 1 is 1.10 bits per heavy atom. The summed E-state index contributed by atoms with van der Waals surface area (Å²) >= 11 is 2.03. The third-order valence-electron chi connectivity index (χ3n) is 6.57. The summed E-state index contributed by atoms with van der Waals surface area (Å²) in [5, 5.41) is 4.41. The first-order chi connectivity index (χ1) is 14.7. The number of aromatic nitrogens is 1. The maximum Gasteiger partial charge on any atom is 0.257 e. The van der Waals surface area contributed by atoms with Gasteiger partial charge in [0.25, 0.3) is 5.91 Å². The molecule has 5 heteroatoms. The Labute approximate surface area is 182 Å². The van der Waals surface area contributed by atoms with Crippen LogP contribution < -0.4 is 5.32 Å². The molecule has 0 bridgehead atoms. The van der Waals surface area contributed by atoms with E-state index in [4.69, 9.17) is 0 Å². The summed E-state index contributed by atoms with van der Waals surface area (Å²) in [6, 6.07) is 12.4. The summed E-state index contributed by atoms with van der Waals surface area (Å²) in [6.07, 6.45) is 4.65. The van der Waals surface area contributed by atoms with Crippen molar-refractivity contribution in [2.75, 3.05) is 29.9 Å². The van der Waals surface area contributed by atoms with Gasteiger partial charge in [0.1, 0.15) is 0 Å². The summed E-state index contributed by atoms with van der Waals surface area (Å²) < 4.78 is 0. The molecule has 0 atom stereocenters. The lowest BCUT2D eigenvalue weighted by Crippen LogP contribution is -2.32. The minimum absolute atomic E-state index is 0.0335. The minimum Gasteiger partial charge on any atom is -0.358 e. The number of hydrogen-bond donors (Lipinski definition) is 2. The normalized spacial score (nSPS) is 17.1. The summed E-state index contributed by atoms with van der Waals surface area (Å²) in [7, 11) is 0. The average molecular weight is 420 g/mol. The van der Waals surface area contributed by atoms with Gasteiger partial charge in [0.2, 0.25) is 0 Å². The predicted molar refractivity (Wildman–Crippen MR) is 127 cm³/mol. The van der Waals surface area contributed by atoms with E-state index in [0.29, 0.717) is 0 Å². The third-order valence-corrected chi connectivity index (χ3v) is 7.51. The van der Waals surface area contributed by atoms with E-state index in [-0.39, 0.29) is 5.91 Å². The van der Waals surface area contributed by atoms with Crippen LogP contribution in [0.4, 0.5) is 5.69 Å². The number of carbonyl (C=O) groups is 1. The van der Waals surface area contributed by atoms with Crippen LogP contribution in [0.5, 0.6) is 0 Å². The Kier molecular flexibility index (Phi) is 5.57. The number of nitrogens with one attached hydrogen (secondary N) is 2. The minimum atomic E-state index is -0.0335. The molecule has 0 unspecified atom stereocenters. The van der Waals surface area contributed by atoms with Gasteiger partial charge in [-0.2, -0.15) is 11.8 Å². The molecule has 1 saturated heterocycles. The molecule has 3 aromatic rings. The smallest absolute Gasteiger partial charge is 0.257 e. The van der Waals surface area contributed by atoms with E-state index in [1.807, 2.05) is 30.0 Å². The van der Waals surface area contributed by atoms with Crippen LogP contribution in [0.25, 0.3) is 10.9 Å². The number of thioether (sulfide) groups is 1. The van der Waals surface area contributed by atoms with Crippen molar-refractivity contribution in [2.24, 2.45) is 0 Å². The van der Waals surface area contributed by atoms with Gasteiger partial charge in [0.05, 0.1) is 11.1 Å². The molecule has 1 fully saturated rings. The Bertz CT molecular complexity index is 1080. The molecule has 1 amide bonds. The number of aromatic amines is 1. The maximum atomic E-state index is 13.3. The fraction of sp³-hybridized carbons (Fsp3) is 0.400. The van der Waals surface area contributed by atoms with E-state index in [1.54, 1.807) is 0 Å². The molecule has 30 heavy (non-hydrogen) atoms. The second-order valence-electron chi connectivity index (χ2n) is 8.45. The first-order valence-corrected chi connectivity index (χ1v) is 12.2. The largest absolute Gasteiger partial charge is 0.358 e. The Morgan fingerprint density at radius 3 is 2.77 bits per heavy atom. The standard InChI is InChI=1S/C25H29N3OS/c1-17-18(16-28-12-14-30-15-13-28)6-4-11-22(17)27-25(29)21-9-5-8-20-19-7-2-3-10-23(19)26-24(20)21/h4-6,8-9,11,26H,2-3,7,10,12-16H2,1H3,(H,27,29). The van der Waals surface area contributed by atoms with E-state index in [1.165, 1.54) is 52.1 Å². The highest BCUT2D eigenvalue weighted by Gasteiger charge is 2.20. The Hall–Kier alpha value is -2.24. The zero-order chi connectivity index (χ0) is 20.5. The van der Waals surface area contributed by atoms with Crippen molar-refractivity contribution < 1.29 is 4.79 Å². The van der Waals surface area contributed by atoms with E-state index >= 15 is 0 Å². The Morgan fingerprint density at radius 2 is 1.90 bits per heavy atom. The molecule has 0 spiro atoms. The summed E-state index contributed by atoms with van der Waals surface area (Å²) in [4.78, 5) is 19.3. The monoisotopic (exact) mass is 419 g/mol. The van der Waals surface area contributed by atoms with Gasteiger partial charge in [-0.3, -0.25) is 9.69 Å². The number of para-hydroxylation sites is 1. The van der Waals surface area contributed by atoms with Gasteiger partial charge < -0.3 is 10.3 Å². The number of rotatable bonds is 4. The van der Waals surface area contributed by atoms with E-state index in [0.717, 1.165) is 49.2 Å². The van der Waals surface area contributed by atoms with Crippen LogP contribution in [0.3, 0.4) is 0 Å². The van der Waals surface area contributed by atoms with Crippen LogP contribution in [0.15, 0.2) is 36.4 Å². The highest BCUT2D eigenvalue weighted by molar-refractivity contribution is 7.99. The fourth-order valence-electron chi connectivity index (χ4n) is 4.80. The number of fused-ring (bicyclic) bond motifs is 3. The second kappa shape index (κ2) is 8.48. The number of H-pyrrole nitrogens is 1. The number of aryl methyl sites for hydroxylation is 2. The molecule has 0 saturated carbocycles. The molecular formula is C25H29N3OS. The molecule has 2 aromatic carbocycles. The number of nitrogens with zero attached hydrogens (tertiary/aromatic N) is 1. The average Bonchev–Trinajstić information content (AvgIpc) is 3.16. The van der Waals surface area contributed by atoms with E-state index in [9.17, 15) is 4.79 Å². The molecule has 4 nitrogen and oxygen atoms in total. The number of anilines is 1. The zero-order valence-electron chi connectivity index (χ0n) is 17.6. The first-order valence-electron chi connectivity index (χ1n) is 11.0. The lowest BCUT2D eigenvalue weighted by atomic mass is 9.95. The topological polar surface area (TPSA) is 48.1 Å². The Balaban J connectivity index is 1.40. The van der Waals surface area contributed by atoms with Gasteiger partial charge in [-0.1, -0.05) is 24.3 Å². The van der Waals surface area contributed by atoms with Gasteiger partial charge in [-0.15, -0.1) is 0 Å². The van der Waals surface area contributed by atoms with Crippen LogP contribution in [0.1, 0.15) is 45.6 Å². The number of carbonyl (C=O) groups excluding carboxylic acids is 1. The lowest BCUT2D eigenvalue weighted by molar-refractivity contribution is 0.102.